The van der Waals surface area contributed by atoms with Gasteiger partial charge in [-0.15, -0.1) is 0 Å². The normalized spacial score (nSPS) is 25.8. The lowest BCUT2D eigenvalue weighted by molar-refractivity contribution is -0.125. The predicted molar refractivity (Wildman–Crippen MR) is 71.9 cm³/mol. The van der Waals surface area contributed by atoms with Crippen molar-refractivity contribution in [2.45, 2.75) is 58.9 Å². The molecular weight excluding hydrogens is 212 g/mol. The van der Waals surface area contributed by atoms with Crippen LogP contribution in [0.5, 0.6) is 0 Å². The van der Waals surface area contributed by atoms with E-state index in [2.05, 4.69) is 31.4 Å². The summed E-state index contributed by atoms with van der Waals surface area (Å²) >= 11 is 0. The maximum Gasteiger partial charge on any atom is 0.224 e. The largest absolute Gasteiger partial charge is 0.356 e. The van der Waals surface area contributed by atoms with Crippen LogP contribution in [0.3, 0.4) is 0 Å². The number of carbonyl (C=O) groups excluding carboxylic acids is 1. The third kappa shape index (κ3) is 4.66. The molecule has 0 radical (unpaired) electrons. The average molecular weight is 240 g/mol. The van der Waals surface area contributed by atoms with Crippen molar-refractivity contribution in [1.29, 1.82) is 0 Å². The van der Waals surface area contributed by atoms with Gasteiger partial charge in [0, 0.05) is 12.6 Å². The van der Waals surface area contributed by atoms with E-state index in [0.29, 0.717) is 12.0 Å². The number of unbranched alkanes of at least 4 members (excludes halogenated alkanes) is 1. The summed E-state index contributed by atoms with van der Waals surface area (Å²) in [6, 6.07) is 0.339. The Kier molecular flexibility index (Phi) is 6.56. The molecule has 1 heterocycles. The number of nitrogens with one attached hydrogen (secondary N) is 2. The Morgan fingerprint density at radius 3 is 2.76 bits per heavy atom. The number of hydrogen-bond donors (Lipinski definition) is 2. The molecule has 0 aromatic rings. The molecule has 1 saturated heterocycles. The van der Waals surface area contributed by atoms with E-state index in [-0.39, 0.29) is 11.8 Å². The fraction of sp³-hybridized carbons (Fsp3) is 0.929. The monoisotopic (exact) mass is 240 g/mol. The highest BCUT2D eigenvalue weighted by atomic mass is 16.1. The van der Waals surface area contributed by atoms with Crippen molar-refractivity contribution in [3.63, 3.8) is 0 Å². The van der Waals surface area contributed by atoms with Crippen molar-refractivity contribution >= 4 is 5.91 Å². The maximum absolute atomic E-state index is 12.0. The highest BCUT2D eigenvalue weighted by molar-refractivity contribution is 5.79. The van der Waals surface area contributed by atoms with Crippen LogP contribution < -0.4 is 10.6 Å². The van der Waals surface area contributed by atoms with Crippen LogP contribution in [0.25, 0.3) is 0 Å². The first kappa shape index (κ1) is 14.5. The molecule has 0 saturated carbocycles. The van der Waals surface area contributed by atoms with Crippen molar-refractivity contribution in [2.75, 3.05) is 13.1 Å². The number of hydrogen-bond acceptors (Lipinski definition) is 2. The first-order chi connectivity index (χ1) is 8.19. The molecule has 1 aliphatic rings. The fourth-order valence-corrected chi connectivity index (χ4v) is 2.54. The SMILES string of the molecule is CCCCC(CC)CNC(=O)C1CCNC1C. The molecule has 3 nitrogen and oxygen atoms in total. The first-order valence-electron chi connectivity index (χ1n) is 7.20. The van der Waals surface area contributed by atoms with Crippen molar-refractivity contribution < 1.29 is 4.79 Å². The number of carbonyl (C=O) groups is 1. The second-order valence-corrected chi connectivity index (χ2v) is 5.30. The molecule has 0 spiro atoms. The highest BCUT2D eigenvalue weighted by Gasteiger charge is 2.29. The fourth-order valence-electron chi connectivity index (χ4n) is 2.54. The smallest absolute Gasteiger partial charge is 0.224 e. The third-order valence-electron chi connectivity index (χ3n) is 3.97. The minimum absolute atomic E-state index is 0.179. The molecule has 0 bridgehead atoms. The van der Waals surface area contributed by atoms with Crippen LogP contribution in [-0.2, 0) is 4.79 Å². The van der Waals surface area contributed by atoms with Gasteiger partial charge in [-0.05, 0) is 32.2 Å². The molecule has 3 atom stereocenters. The lowest BCUT2D eigenvalue weighted by Crippen LogP contribution is -2.38. The van der Waals surface area contributed by atoms with Crippen molar-refractivity contribution in [3.8, 4) is 0 Å². The molecule has 1 amide bonds. The topological polar surface area (TPSA) is 41.1 Å². The molecule has 3 heteroatoms. The van der Waals surface area contributed by atoms with Crippen LogP contribution in [0.15, 0.2) is 0 Å². The molecule has 2 N–H and O–H groups in total. The molecule has 0 aromatic carbocycles. The second-order valence-electron chi connectivity index (χ2n) is 5.30. The van der Waals surface area contributed by atoms with Crippen LogP contribution in [0.2, 0.25) is 0 Å². The molecule has 0 aliphatic carbocycles. The molecule has 1 fully saturated rings. The van der Waals surface area contributed by atoms with Gasteiger partial charge in [-0.25, -0.2) is 0 Å². The van der Waals surface area contributed by atoms with Crippen molar-refractivity contribution in [1.82, 2.24) is 10.6 Å². The van der Waals surface area contributed by atoms with E-state index >= 15 is 0 Å². The summed E-state index contributed by atoms with van der Waals surface area (Å²) in [4.78, 5) is 12.0. The van der Waals surface area contributed by atoms with E-state index in [9.17, 15) is 4.79 Å². The molecule has 17 heavy (non-hydrogen) atoms. The van der Waals surface area contributed by atoms with Gasteiger partial charge in [0.15, 0.2) is 0 Å². The Bertz CT molecular complexity index is 230. The van der Waals surface area contributed by atoms with Crippen LogP contribution >= 0.6 is 0 Å². The summed E-state index contributed by atoms with van der Waals surface area (Å²) in [6.45, 7) is 8.37. The van der Waals surface area contributed by atoms with E-state index in [4.69, 9.17) is 0 Å². The van der Waals surface area contributed by atoms with Gasteiger partial charge in [0.05, 0.1) is 5.92 Å². The van der Waals surface area contributed by atoms with E-state index < -0.39 is 0 Å². The quantitative estimate of drug-likeness (QED) is 0.717. The molecule has 0 aromatic heterocycles. The molecule has 1 aliphatic heterocycles. The minimum Gasteiger partial charge on any atom is -0.356 e. The summed E-state index contributed by atoms with van der Waals surface area (Å²) < 4.78 is 0. The zero-order chi connectivity index (χ0) is 12.7. The van der Waals surface area contributed by atoms with Crippen LogP contribution in [-0.4, -0.2) is 25.0 Å². The third-order valence-corrected chi connectivity index (χ3v) is 3.97. The zero-order valence-corrected chi connectivity index (χ0v) is 11.6. The zero-order valence-electron chi connectivity index (χ0n) is 11.6. The lowest BCUT2D eigenvalue weighted by Gasteiger charge is -2.19. The van der Waals surface area contributed by atoms with E-state index in [1.54, 1.807) is 0 Å². The maximum atomic E-state index is 12.0. The predicted octanol–water partition coefficient (Wildman–Crippen LogP) is 2.32. The Labute approximate surface area is 106 Å². The number of amides is 1. The van der Waals surface area contributed by atoms with E-state index in [0.717, 1.165) is 19.5 Å². The van der Waals surface area contributed by atoms with Crippen LogP contribution in [0.1, 0.15) is 52.9 Å². The van der Waals surface area contributed by atoms with Gasteiger partial charge in [0.1, 0.15) is 0 Å². The Morgan fingerprint density at radius 1 is 1.47 bits per heavy atom. The van der Waals surface area contributed by atoms with Gasteiger partial charge in [0.25, 0.3) is 0 Å². The number of rotatable bonds is 7. The van der Waals surface area contributed by atoms with E-state index in [1.165, 1.54) is 25.7 Å². The van der Waals surface area contributed by atoms with Crippen LogP contribution in [0, 0.1) is 11.8 Å². The lowest BCUT2D eigenvalue weighted by atomic mass is 9.97. The van der Waals surface area contributed by atoms with Crippen molar-refractivity contribution in [2.24, 2.45) is 11.8 Å². The van der Waals surface area contributed by atoms with Gasteiger partial charge in [-0.1, -0.05) is 33.1 Å². The Balaban J connectivity index is 2.25. The van der Waals surface area contributed by atoms with Gasteiger partial charge >= 0.3 is 0 Å². The summed E-state index contributed by atoms with van der Waals surface area (Å²) in [5.41, 5.74) is 0. The summed E-state index contributed by atoms with van der Waals surface area (Å²) in [6.07, 6.45) is 5.91. The van der Waals surface area contributed by atoms with Gasteiger partial charge in [0.2, 0.25) is 5.91 Å². The molecule has 100 valence electrons. The minimum atomic E-state index is 0.179. The van der Waals surface area contributed by atoms with Crippen molar-refractivity contribution in [3.05, 3.63) is 0 Å². The summed E-state index contributed by atoms with van der Waals surface area (Å²) in [5.74, 6) is 1.08. The molecule has 3 unspecified atom stereocenters. The molecular formula is C14H28N2O. The molecule has 1 rings (SSSR count). The Morgan fingerprint density at radius 2 is 2.24 bits per heavy atom. The van der Waals surface area contributed by atoms with Crippen LogP contribution in [0.4, 0.5) is 0 Å². The summed E-state index contributed by atoms with van der Waals surface area (Å²) in [7, 11) is 0. The van der Waals surface area contributed by atoms with Gasteiger partial charge in [-0.2, -0.15) is 0 Å². The standard InChI is InChI=1S/C14H28N2O/c1-4-6-7-12(5-2)10-16-14(17)13-8-9-15-11(13)3/h11-13,15H,4-10H2,1-3H3,(H,16,17). The highest BCUT2D eigenvalue weighted by Crippen LogP contribution is 2.16. The van der Waals surface area contributed by atoms with Gasteiger partial charge in [-0.3, -0.25) is 4.79 Å². The average Bonchev–Trinajstić information content (AvgIpc) is 2.75. The summed E-state index contributed by atoms with van der Waals surface area (Å²) in [5, 5.41) is 6.46. The van der Waals surface area contributed by atoms with Gasteiger partial charge < -0.3 is 10.6 Å². The van der Waals surface area contributed by atoms with E-state index in [1.807, 2.05) is 0 Å². The first-order valence-corrected chi connectivity index (χ1v) is 7.20. The Hall–Kier alpha value is -0.570. The second kappa shape index (κ2) is 7.70.